The summed E-state index contributed by atoms with van der Waals surface area (Å²) in [6.07, 6.45) is 2.36. The topological polar surface area (TPSA) is 33.2 Å². The average molecular weight is 269 g/mol. The maximum absolute atomic E-state index is 11.8. The molecule has 2 rings (SSSR count). The lowest BCUT2D eigenvalue weighted by molar-refractivity contribution is -0.117. The Labute approximate surface area is 97.6 Å². The molecule has 2 heterocycles. The van der Waals surface area contributed by atoms with Gasteiger partial charge in [0.15, 0.2) is 0 Å². The molecule has 1 aromatic rings. The summed E-state index contributed by atoms with van der Waals surface area (Å²) >= 11 is 3.48. The van der Waals surface area contributed by atoms with E-state index in [1.165, 1.54) is 0 Å². The van der Waals surface area contributed by atoms with Gasteiger partial charge in [0.1, 0.15) is 0 Å². The van der Waals surface area contributed by atoms with E-state index in [1.807, 2.05) is 24.8 Å². The number of alkyl halides is 1. The molecule has 1 aliphatic heterocycles. The van der Waals surface area contributed by atoms with Gasteiger partial charge in [0.25, 0.3) is 0 Å². The predicted molar refractivity (Wildman–Crippen MR) is 63.4 cm³/mol. The normalized spacial score (nSPS) is 21.1. The summed E-state index contributed by atoms with van der Waals surface area (Å²) in [5.41, 5.74) is 3.01. The van der Waals surface area contributed by atoms with Crippen LogP contribution < -0.4 is 4.90 Å². The summed E-state index contributed by atoms with van der Waals surface area (Å²) in [6.45, 7) is 4.70. The Balaban J connectivity index is 2.41. The number of carbonyl (C=O) groups excluding carboxylic acids is 1. The largest absolute Gasteiger partial charge is 0.309 e. The number of rotatable bonds is 1. The second kappa shape index (κ2) is 3.93. The first kappa shape index (κ1) is 10.6. The van der Waals surface area contributed by atoms with Crippen molar-refractivity contribution in [2.75, 3.05) is 11.4 Å². The van der Waals surface area contributed by atoms with Crippen LogP contribution in [0.15, 0.2) is 12.3 Å². The molecule has 1 fully saturated rings. The van der Waals surface area contributed by atoms with Crippen LogP contribution in [0.4, 0.5) is 5.69 Å². The summed E-state index contributed by atoms with van der Waals surface area (Å²) in [6, 6.07) is 1.94. The van der Waals surface area contributed by atoms with Gasteiger partial charge in [-0.05, 0) is 25.5 Å². The van der Waals surface area contributed by atoms with Crippen LogP contribution in [-0.4, -0.2) is 22.3 Å². The SMILES string of the molecule is Cc1ccnc(C)c1N1CC(Br)CC1=O. The first-order valence-electron chi connectivity index (χ1n) is 4.96. The molecule has 0 bridgehead atoms. The average Bonchev–Trinajstić information content (AvgIpc) is 2.45. The Bertz CT molecular complexity index is 385. The van der Waals surface area contributed by atoms with Crippen LogP contribution >= 0.6 is 15.9 Å². The van der Waals surface area contributed by atoms with Crippen molar-refractivity contribution in [3.05, 3.63) is 23.5 Å². The molecule has 1 atom stereocenters. The van der Waals surface area contributed by atoms with Crippen molar-refractivity contribution in [1.29, 1.82) is 0 Å². The lowest BCUT2D eigenvalue weighted by Gasteiger charge is -2.20. The second-order valence-corrected chi connectivity index (χ2v) is 5.16. The highest BCUT2D eigenvalue weighted by Crippen LogP contribution is 2.29. The maximum atomic E-state index is 11.8. The molecule has 1 saturated heterocycles. The summed E-state index contributed by atoms with van der Waals surface area (Å²) in [5.74, 6) is 0.177. The number of pyridine rings is 1. The molecule has 3 nitrogen and oxygen atoms in total. The summed E-state index contributed by atoms with van der Waals surface area (Å²) in [7, 11) is 0. The van der Waals surface area contributed by atoms with E-state index in [0.717, 1.165) is 23.5 Å². The minimum Gasteiger partial charge on any atom is -0.309 e. The fourth-order valence-electron chi connectivity index (χ4n) is 1.97. The molecular formula is C11H13BrN2O. The minimum absolute atomic E-state index is 0.177. The van der Waals surface area contributed by atoms with Crippen LogP contribution in [0.2, 0.25) is 0 Å². The molecule has 1 unspecified atom stereocenters. The number of nitrogens with zero attached hydrogens (tertiary/aromatic N) is 2. The summed E-state index contributed by atoms with van der Waals surface area (Å²) in [5, 5.41) is 0. The number of amides is 1. The van der Waals surface area contributed by atoms with E-state index in [0.29, 0.717) is 6.42 Å². The third-order valence-corrected chi connectivity index (χ3v) is 3.27. The molecule has 0 spiro atoms. The van der Waals surface area contributed by atoms with Crippen molar-refractivity contribution < 1.29 is 4.79 Å². The Kier molecular flexibility index (Phi) is 2.78. The number of hydrogen-bond acceptors (Lipinski definition) is 2. The zero-order chi connectivity index (χ0) is 11.0. The van der Waals surface area contributed by atoms with Gasteiger partial charge in [-0.1, -0.05) is 15.9 Å². The Morgan fingerprint density at radius 1 is 1.53 bits per heavy atom. The molecule has 15 heavy (non-hydrogen) atoms. The highest BCUT2D eigenvalue weighted by molar-refractivity contribution is 9.09. The molecule has 1 aliphatic rings. The van der Waals surface area contributed by atoms with Gasteiger partial charge in [-0.15, -0.1) is 0 Å². The summed E-state index contributed by atoms with van der Waals surface area (Å²) < 4.78 is 0. The maximum Gasteiger partial charge on any atom is 0.228 e. The number of aryl methyl sites for hydroxylation is 2. The summed E-state index contributed by atoms with van der Waals surface area (Å²) in [4.78, 5) is 18.1. The van der Waals surface area contributed by atoms with E-state index in [-0.39, 0.29) is 10.7 Å². The van der Waals surface area contributed by atoms with Crippen LogP contribution in [0.1, 0.15) is 17.7 Å². The predicted octanol–water partition coefficient (Wildman–Crippen LogP) is 2.20. The van der Waals surface area contributed by atoms with Gasteiger partial charge in [0.05, 0.1) is 11.4 Å². The van der Waals surface area contributed by atoms with Crippen molar-refractivity contribution in [3.63, 3.8) is 0 Å². The first-order valence-corrected chi connectivity index (χ1v) is 5.88. The van der Waals surface area contributed by atoms with Crippen LogP contribution in [-0.2, 0) is 4.79 Å². The Morgan fingerprint density at radius 3 is 2.80 bits per heavy atom. The number of hydrogen-bond donors (Lipinski definition) is 0. The van der Waals surface area contributed by atoms with Crippen LogP contribution in [0.5, 0.6) is 0 Å². The fourth-order valence-corrected chi connectivity index (χ4v) is 2.54. The quantitative estimate of drug-likeness (QED) is 0.732. The lowest BCUT2D eigenvalue weighted by Crippen LogP contribution is -2.26. The molecule has 1 aromatic heterocycles. The monoisotopic (exact) mass is 268 g/mol. The fraction of sp³-hybridized carbons (Fsp3) is 0.455. The van der Waals surface area contributed by atoms with E-state index < -0.39 is 0 Å². The van der Waals surface area contributed by atoms with Crippen molar-refractivity contribution in [1.82, 2.24) is 4.98 Å². The third-order valence-electron chi connectivity index (χ3n) is 2.66. The van der Waals surface area contributed by atoms with Crippen molar-refractivity contribution in [3.8, 4) is 0 Å². The lowest BCUT2D eigenvalue weighted by atomic mass is 10.2. The van der Waals surface area contributed by atoms with Crippen molar-refractivity contribution >= 4 is 27.5 Å². The van der Waals surface area contributed by atoms with Gasteiger partial charge in [-0.25, -0.2) is 0 Å². The zero-order valence-electron chi connectivity index (χ0n) is 8.83. The smallest absolute Gasteiger partial charge is 0.228 e. The minimum atomic E-state index is 0.177. The highest BCUT2D eigenvalue weighted by atomic mass is 79.9. The Hall–Kier alpha value is -0.900. The number of carbonyl (C=O) groups is 1. The number of halogens is 1. The van der Waals surface area contributed by atoms with Gasteiger partial charge < -0.3 is 4.90 Å². The van der Waals surface area contributed by atoms with E-state index in [4.69, 9.17) is 0 Å². The van der Waals surface area contributed by atoms with E-state index in [9.17, 15) is 4.79 Å². The third kappa shape index (κ3) is 1.91. The second-order valence-electron chi connectivity index (χ2n) is 3.87. The van der Waals surface area contributed by atoms with Gasteiger partial charge in [0.2, 0.25) is 5.91 Å². The molecule has 0 aliphatic carbocycles. The van der Waals surface area contributed by atoms with E-state index >= 15 is 0 Å². The van der Waals surface area contributed by atoms with Crippen LogP contribution in [0.25, 0.3) is 0 Å². The van der Waals surface area contributed by atoms with Gasteiger partial charge >= 0.3 is 0 Å². The number of aromatic nitrogens is 1. The van der Waals surface area contributed by atoms with E-state index in [2.05, 4.69) is 20.9 Å². The van der Waals surface area contributed by atoms with Crippen LogP contribution in [0.3, 0.4) is 0 Å². The Morgan fingerprint density at radius 2 is 2.27 bits per heavy atom. The number of anilines is 1. The van der Waals surface area contributed by atoms with Crippen molar-refractivity contribution in [2.24, 2.45) is 0 Å². The molecule has 0 saturated carbocycles. The highest BCUT2D eigenvalue weighted by Gasteiger charge is 2.30. The molecule has 1 amide bonds. The van der Waals surface area contributed by atoms with Gasteiger partial charge in [0, 0.05) is 24.0 Å². The van der Waals surface area contributed by atoms with Crippen LogP contribution in [0, 0.1) is 13.8 Å². The zero-order valence-corrected chi connectivity index (χ0v) is 10.4. The molecule has 0 aromatic carbocycles. The van der Waals surface area contributed by atoms with Crippen molar-refractivity contribution in [2.45, 2.75) is 25.1 Å². The van der Waals surface area contributed by atoms with Gasteiger partial charge in [-0.2, -0.15) is 0 Å². The molecule has 0 N–H and O–H groups in total. The molecule has 0 radical (unpaired) electrons. The molecule has 80 valence electrons. The van der Waals surface area contributed by atoms with Gasteiger partial charge in [-0.3, -0.25) is 9.78 Å². The van der Waals surface area contributed by atoms with E-state index in [1.54, 1.807) is 6.20 Å². The molecule has 4 heteroatoms. The standard InChI is InChI=1S/C11H13BrN2O/c1-7-3-4-13-8(2)11(7)14-6-9(12)5-10(14)15/h3-4,9H,5-6H2,1-2H3. The first-order chi connectivity index (χ1) is 7.09. The molecular weight excluding hydrogens is 256 g/mol.